The molecule has 2 heterocycles. The van der Waals surface area contributed by atoms with Crippen LogP contribution in [0.5, 0.6) is 11.5 Å². The molecule has 0 spiro atoms. The van der Waals surface area contributed by atoms with Crippen molar-refractivity contribution in [3.05, 3.63) is 41.7 Å². The molecule has 0 aliphatic carbocycles. The largest absolute Gasteiger partial charge is 0.493 e. The van der Waals surface area contributed by atoms with E-state index in [1.165, 1.54) is 7.11 Å². The van der Waals surface area contributed by atoms with Crippen LogP contribution in [0.2, 0.25) is 0 Å². The Morgan fingerprint density at radius 1 is 1.18 bits per heavy atom. The molecule has 1 aromatic heterocycles. The number of allylic oxidation sites excluding steroid dienone is 1. The van der Waals surface area contributed by atoms with Crippen molar-refractivity contribution in [2.45, 2.75) is 19.3 Å². The number of piperidine rings is 1. The first-order valence-corrected chi connectivity index (χ1v) is 10.5. The smallest absolute Gasteiger partial charge is 0.307 e. The number of benzene rings is 1. The topological polar surface area (TPSA) is 133 Å². The van der Waals surface area contributed by atoms with E-state index >= 15 is 0 Å². The molecule has 9 nitrogen and oxygen atoms in total. The Morgan fingerprint density at radius 2 is 1.88 bits per heavy atom. The van der Waals surface area contributed by atoms with Crippen LogP contribution in [-0.2, 0) is 9.59 Å². The lowest BCUT2D eigenvalue weighted by atomic mass is 9.82. The lowest BCUT2D eigenvalue weighted by molar-refractivity contribution is -0.150. The molecule has 1 fully saturated rings. The minimum atomic E-state index is -1.10. The number of ether oxygens (including phenoxy) is 2. The second kappa shape index (κ2) is 10.6. The molecule has 0 amide bonds. The monoisotopic (exact) mass is 454 g/mol. The second-order valence-electron chi connectivity index (χ2n) is 7.78. The zero-order valence-electron chi connectivity index (χ0n) is 18.5. The Hall–Kier alpha value is -3.93. The first-order valence-electron chi connectivity index (χ1n) is 10.5. The predicted molar refractivity (Wildman–Crippen MR) is 120 cm³/mol. The third kappa shape index (κ3) is 5.66. The van der Waals surface area contributed by atoms with Crippen LogP contribution in [0.1, 0.15) is 30.6 Å². The first-order chi connectivity index (χ1) is 15.9. The van der Waals surface area contributed by atoms with Gasteiger partial charge in [0.2, 0.25) is 0 Å². The van der Waals surface area contributed by atoms with Gasteiger partial charge in [-0.15, -0.1) is 0 Å². The number of anilines is 1. The molecule has 0 bridgehead atoms. The van der Waals surface area contributed by atoms with Crippen LogP contribution in [0.3, 0.4) is 0 Å². The van der Waals surface area contributed by atoms with Gasteiger partial charge >= 0.3 is 11.9 Å². The standard InChI is InChI=1S/C24H26N2O7/c1-31-20-5-3-16(12-21(20)32-2)17(14-25)11-18-4-6-22(33-18)26-9-7-15(8-10-26)19(24(29)30)13-23(27)28/h3-6,11-12,15,19H,7-10,13H2,1-2H3,(H,27,28)(H,29,30)/b17-11+. The Labute approximate surface area is 191 Å². The third-order valence-electron chi connectivity index (χ3n) is 5.85. The summed E-state index contributed by atoms with van der Waals surface area (Å²) in [6.07, 6.45) is 2.39. The number of carboxylic acids is 2. The Kier molecular flexibility index (Phi) is 7.61. The van der Waals surface area contributed by atoms with Gasteiger partial charge in [-0.1, -0.05) is 0 Å². The zero-order chi connectivity index (χ0) is 24.0. The molecule has 1 aliphatic heterocycles. The number of carbonyl (C=O) groups is 2. The van der Waals surface area contributed by atoms with Gasteiger partial charge in [-0.05, 0) is 54.7 Å². The van der Waals surface area contributed by atoms with Crippen LogP contribution in [-0.4, -0.2) is 49.5 Å². The number of carboxylic acid groups (broad SMARTS) is 2. The van der Waals surface area contributed by atoms with Crippen LogP contribution in [0.15, 0.2) is 34.7 Å². The fourth-order valence-electron chi connectivity index (χ4n) is 4.08. The highest BCUT2D eigenvalue weighted by Gasteiger charge is 2.33. The van der Waals surface area contributed by atoms with E-state index in [1.54, 1.807) is 37.5 Å². The van der Waals surface area contributed by atoms with Crippen LogP contribution in [0, 0.1) is 23.2 Å². The van der Waals surface area contributed by atoms with Gasteiger partial charge in [0, 0.05) is 19.2 Å². The van der Waals surface area contributed by atoms with Crippen LogP contribution in [0.4, 0.5) is 5.88 Å². The average Bonchev–Trinajstić information content (AvgIpc) is 3.29. The molecule has 2 N–H and O–H groups in total. The van der Waals surface area contributed by atoms with Gasteiger partial charge in [-0.25, -0.2) is 0 Å². The molecule has 9 heteroatoms. The number of nitriles is 1. The Morgan fingerprint density at radius 3 is 2.45 bits per heavy atom. The third-order valence-corrected chi connectivity index (χ3v) is 5.85. The van der Waals surface area contributed by atoms with Gasteiger partial charge in [-0.2, -0.15) is 5.26 Å². The van der Waals surface area contributed by atoms with E-state index in [0.29, 0.717) is 60.2 Å². The van der Waals surface area contributed by atoms with Crippen LogP contribution < -0.4 is 14.4 Å². The van der Waals surface area contributed by atoms with Crippen molar-refractivity contribution in [3.8, 4) is 17.6 Å². The minimum absolute atomic E-state index is 0.195. The molecule has 0 radical (unpaired) electrons. The quantitative estimate of drug-likeness (QED) is 0.543. The van der Waals surface area contributed by atoms with Gasteiger partial charge in [0.05, 0.1) is 38.2 Å². The lowest BCUT2D eigenvalue weighted by Crippen LogP contribution is -2.38. The molecular formula is C24H26N2O7. The van der Waals surface area contributed by atoms with Gasteiger partial charge < -0.3 is 29.0 Å². The van der Waals surface area contributed by atoms with E-state index in [1.807, 2.05) is 11.0 Å². The SMILES string of the molecule is COc1ccc(/C(C#N)=C/c2ccc(N3CCC(C(CC(=O)O)C(=O)O)CC3)o2)cc1OC. The molecule has 1 unspecified atom stereocenters. The maximum Gasteiger partial charge on any atom is 0.307 e. The molecule has 0 saturated carbocycles. The summed E-state index contributed by atoms with van der Waals surface area (Å²) >= 11 is 0. The van der Waals surface area contributed by atoms with Crippen molar-refractivity contribution in [2.75, 3.05) is 32.2 Å². The summed E-state index contributed by atoms with van der Waals surface area (Å²) in [6, 6.07) is 11.0. The maximum absolute atomic E-state index is 11.5. The highest BCUT2D eigenvalue weighted by Crippen LogP contribution is 2.33. The minimum Gasteiger partial charge on any atom is -0.493 e. The summed E-state index contributed by atoms with van der Waals surface area (Å²) in [6.45, 7) is 1.12. The van der Waals surface area contributed by atoms with Crippen LogP contribution >= 0.6 is 0 Å². The molecule has 3 rings (SSSR count). The van der Waals surface area contributed by atoms with Crippen molar-refractivity contribution in [1.29, 1.82) is 5.26 Å². The van der Waals surface area contributed by atoms with Crippen molar-refractivity contribution in [2.24, 2.45) is 11.8 Å². The normalized spacial score (nSPS) is 15.5. The van der Waals surface area contributed by atoms with Crippen molar-refractivity contribution in [3.63, 3.8) is 0 Å². The van der Waals surface area contributed by atoms with Crippen molar-refractivity contribution >= 4 is 29.5 Å². The molecule has 33 heavy (non-hydrogen) atoms. The van der Waals surface area contributed by atoms with Crippen molar-refractivity contribution in [1.82, 2.24) is 0 Å². The van der Waals surface area contributed by atoms with Gasteiger partial charge in [0.15, 0.2) is 17.4 Å². The van der Waals surface area contributed by atoms with E-state index in [-0.39, 0.29) is 12.3 Å². The molecule has 1 saturated heterocycles. The number of rotatable bonds is 9. The highest BCUT2D eigenvalue weighted by atomic mass is 16.5. The summed E-state index contributed by atoms with van der Waals surface area (Å²) in [7, 11) is 3.07. The highest BCUT2D eigenvalue weighted by molar-refractivity contribution is 5.89. The van der Waals surface area contributed by atoms with E-state index in [0.717, 1.165) is 0 Å². The Balaban J connectivity index is 1.71. The predicted octanol–water partition coefficient (Wildman–Crippen LogP) is 3.75. The number of methoxy groups -OCH3 is 2. The van der Waals surface area contributed by atoms with E-state index < -0.39 is 17.9 Å². The second-order valence-corrected chi connectivity index (χ2v) is 7.78. The number of hydrogen-bond donors (Lipinski definition) is 2. The molecule has 2 aromatic rings. The molecule has 1 atom stereocenters. The first kappa shape index (κ1) is 23.7. The van der Waals surface area contributed by atoms with E-state index in [9.17, 15) is 20.0 Å². The summed E-state index contributed by atoms with van der Waals surface area (Å²) < 4.78 is 16.5. The summed E-state index contributed by atoms with van der Waals surface area (Å²) in [5.41, 5.74) is 1.06. The van der Waals surface area contributed by atoms with Gasteiger partial charge in [-0.3, -0.25) is 9.59 Å². The molecule has 1 aromatic carbocycles. The number of hydrogen-bond acceptors (Lipinski definition) is 7. The average molecular weight is 454 g/mol. The van der Waals surface area contributed by atoms with Crippen molar-refractivity contribution < 1.29 is 33.7 Å². The Bertz CT molecular complexity index is 1070. The fraction of sp³-hybridized carbons (Fsp3) is 0.375. The number of furan rings is 1. The van der Waals surface area contributed by atoms with Crippen LogP contribution in [0.25, 0.3) is 11.6 Å². The number of aliphatic carboxylic acids is 2. The lowest BCUT2D eigenvalue weighted by Gasteiger charge is -2.34. The summed E-state index contributed by atoms with van der Waals surface area (Å²) in [5.74, 6) is -1.05. The summed E-state index contributed by atoms with van der Waals surface area (Å²) in [5, 5.41) is 28.0. The number of nitrogens with zero attached hydrogens (tertiary/aromatic N) is 2. The van der Waals surface area contributed by atoms with E-state index in [4.69, 9.17) is 19.0 Å². The molecule has 1 aliphatic rings. The molecule has 174 valence electrons. The maximum atomic E-state index is 11.5. The summed E-state index contributed by atoms with van der Waals surface area (Å²) in [4.78, 5) is 24.5. The fourth-order valence-corrected chi connectivity index (χ4v) is 4.08. The van der Waals surface area contributed by atoms with Gasteiger partial charge in [0.1, 0.15) is 5.76 Å². The zero-order valence-corrected chi connectivity index (χ0v) is 18.5. The van der Waals surface area contributed by atoms with E-state index in [2.05, 4.69) is 6.07 Å². The van der Waals surface area contributed by atoms with Gasteiger partial charge in [0.25, 0.3) is 0 Å². The molecular weight excluding hydrogens is 428 g/mol.